The van der Waals surface area contributed by atoms with Gasteiger partial charge in [-0.2, -0.15) is 4.31 Å². The molecule has 116 valence electrons. The van der Waals surface area contributed by atoms with E-state index in [1.54, 1.807) is 0 Å². The first kappa shape index (κ1) is 16.5. The monoisotopic (exact) mass is 396 g/mol. The number of nitrogens with zero attached hydrogens (tertiary/aromatic N) is 2. The molecule has 21 heavy (non-hydrogen) atoms. The summed E-state index contributed by atoms with van der Waals surface area (Å²) < 4.78 is 31.5. The lowest BCUT2D eigenvalue weighted by Crippen LogP contribution is -2.50. The van der Waals surface area contributed by atoms with E-state index in [1.165, 1.54) is 34.5 Å². The second-order valence-corrected chi connectivity index (χ2v) is 7.64. The van der Waals surface area contributed by atoms with Gasteiger partial charge in [0.15, 0.2) is 0 Å². The number of sulfonamides is 1. The average molecular weight is 398 g/mol. The predicted octanol–water partition coefficient (Wildman–Crippen LogP) is 2.18. The van der Waals surface area contributed by atoms with Crippen LogP contribution in [0.3, 0.4) is 0 Å². The molecule has 1 aromatic carbocycles. The summed E-state index contributed by atoms with van der Waals surface area (Å²) >= 11 is 9.09. The molecule has 0 saturated carbocycles. The Morgan fingerprint density at radius 1 is 1.29 bits per heavy atom. The van der Waals surface area contributed by atoms with Gasteiger partial charge in [-0.25, -0.2) is 13.2 Å². The first-order valence-corrected chi connectivity index (χ1v) is 8.75. The molecule has 1 aromatic rings. The summed E-state index contributed by atoms with van der Waals surface area (Å²) in [5, 5.41) is 0.449. The van der Waals surface area contributed by atoms with Crippen LogP contribution in [0.25, 0.3) is 0 Å². The maximum Gasteiger partial charge on any atom is 0.409 e. The van der Waals surface area contributed by atoms with Crippen LogP contribution in [0.5, 0.6) is 0 Å². The Hall–Kier alpha value is -0.830. The van der Waals surface area contributed by atoms with Gasteiger partial charge in [0.05, 0.1) is 17.0 Å². The summed E-state index contributed by atoms with van der Waals surface area (Å²) in [6, 6.07) is 4.47. The van der Waals surface area contributed by atoms with E-state index in [-0.39, 0.29) is 18.0 Å². The Labute approximate surface area is 136 Å². The number of amides is 1. The maximum atomic E-state index is 12.5. The molecule has 0 N–H and O–H groups in total. The van der Waals surface area contributed by atoms with Crippen LogP contribution in [0.4, 0.5) is 4.79 Å². The minimum atomic E-state index is -3.59. The number of carbonyl (C=O) groups excluding carboxylic acids is 1. The third-order valence-corrected chi connectivity index (χ3v) is 6.31. The molecular formula is C12H14BrClN2O4S. The van der Waals surface area contributed by atoms with Gasteiger partial charge in [-0.1, -0.05) is 11.6 Å². The summed E-state index contributed by atoms with van der Waals surface area (Å²) in [7, 11) is -2.29. The minimum absolute atomic E-state index is 0.172. The molecule has 1 fully saturated rings. The Balaban J connectivity index is 2.14. The van der Waals surface area contributed by atoms with Crippen LogP contribution in [0.1, 0.15) is 0 Å². The molecule has 1 aliphatic heterocycles. The van der Waals surface area contributed by atoms with E-state index in [0.29, 0.717) is 22.6 Å². The Morgan fingerprint density at radius 2 is 1.90 bits per heavy atom. The number of halogens is 2. The molecule has 0 bridgehead atoms. The number of hydrogen-bond acceptors (Lipinski definition) is 4. The number of rotatable bonds is 2. The van der Waals surface area contributed by atoms with E-state index in [2.05, 4.69) is 20.7 Å². The summed E-state index contributed by atoms with van der Waals surface area (Å²) in [6.07, 6.45) is -0.443. The molecule has 0 unspecified atom stereocenters. The van der Waals surface area contributed by atoms with Gasteiger partial charge >= 0.3 is 6.09 Å². The van der Waals surface area contributed by atoms with Gasteiger partial charge in [0.25, 0.3) is 0 Å². The summed E-state index contributed by atoms with van der Waals surface area (Å²) in [5.41, 5.74) is 0. The molecule has 0 spiro atoms. The van der Waals surface area contributed by atoms with Gasteiger partial charge in [-0.15, -0.1) is 0 Å². The zero-order valence-corrected chi connectivity index (χ0v) is 14.4. The number of methoxy groups -OCH3 is 1. The molecule has 1 amide bonds. The van der Waals surface area contributed by atoms with E-state index >= 15 is 0 Å². The van der Waals surface area contributed by atoms with Crippen LogP contribution in [0.15, 0.2) is 27.6 Å². The molecule has 1 saturated heterocycles. The van der Waals surface area contributed by atoms with Crippen molar-refractivity contribution in [3.63, 3.8) is 0 Å². The van der Waals surface area contributed by atoms with E-state index in [9.17, 15) is 13.2 Å². The van der Waals surface area contributed by atoms with Crippen LogP contribution in [0, 0.1) is 0 Å². The van der Waals surface area contributed by atoms with E-state index in [1.807, 2.05) is 0 Å². The molecule has 6 nitrogen and oxygen atoms in total. The first-order valence-electron chi connectivity index (χ1n) is 6.14. The van der Waals surface area contributed by atoms with E-state index in [0.717, 1.165) is 0 Å². The molecule has 1 heterocycles. The number of hydrogen-bond donors (Lipinski definition) is 0. The lowest BCUT2D eigenvalue weighted by atomic mass is 10.4. The highest BCUT2D eigenvalue weighted by Crippen LogP contribution is 2.27. The fourth-order valence-electron chi connectivity index (χ4n) is 2.03. The molecule has 0 aromatic heterocycles. The van der Waals surface area contributed by atoms with Crippen molar-refractivity contribution >= 4 is 43.6 Å². The summed E-state index contributed by atoms with van der Waals surface area (Å²) in [5.74, 6) is 0. The zero-order valence-electron chi connectivity index (χ0n) is 11.3. The molecule has 0 aliphatic carbocycles. The molecule has 0 atom stereocenters. The van der Waals surface area contributed by atoms with Crippen molar-refractivity contribution in [3.8, 4) is 0 Å². The molecule has 9 heteroatoms. The van der Waals surface area contributed by atoms with E-state index < -0.39 is 16.1 Å². The SMILES string of the molecule is COC(=O)N1CCN(S(=O)(=O)c2ccc(Cl)c(Br)c2)CC1. The topological polar surface area (TPSA) is 66.9 Å². The van der Waals surface area contributed by atoms with Crippen LogP contribution >= 0.6 is 27.5 Å². The van der Waals surface area contributed by atoms with Crippen LogP contribution < -0.4 is 0 Å². The van der Waals surface area contributed by atoms with Gasteiger partial charge in [0.1, 0.15) is 0 Å². The van der Waals surface area contributed by atoms with Crippen LogP contribution in [-0.4, -0.2) is 57.0 Å². The Morgan fingerprint density at radius 3 is 2.43 bits per heavy atom. The molecular weight excluding hydrogens is 384 g/mol. The standard InChI is InChI=1S/C12H14BrClN2O4S/c1-20-12(17)15-4-6-16(7-5-15)21(18,19)9-2-3-11(14)10(13)8-9/h2-3,8H,4-7H2,1H3. The molecule has 1 aliphatic rings. The van der Waals surface area contributed by atoms with Crippen LogP contribution in [0.2, 0.25) is 5.02 Å². The zero-order chi connectivity index (χ0) is 15.6. The smallest absolute Gasteiger partial charge is 0.409 e. The fraction of sp³-hybridized carbons (Fsp3) is 0.417. The third kappa shape index (κ3) is 3.50. The summed E-state index contributed by atoms with van der Waals surface area (Å²) in [6.45, 7) is 1.08. The van der Waals surface area contributed by atoms with Gasteiger partial charge in [-0.05, 0) is 34.1 Å². The summed E-state index contributed by atoms with van der Waals surface area (Å²) in [4.78, 5) is 13.0. The number of benzene rings is 1. The Bertz CT molecular complexity index is 645. The van der Waals surface area contributed by atoms with Crippen molar-refractivity contribution in [1.29, 1.82) is 0 Å². The lowest BCUT2D eigenvalue weighted by molar-refractivity contribution is 0.108. The quantitative estimate of drug-likeness (QED) is 0.767. The second-order valence-electron chi connectivity index (χ2n) is 4.44. The average Bonchev–Trinajstić information content (AvgIpc) is 2.49. The van der Waals surface area contributed by atoms with Crippen molar-refractivity contribution in [3.05, 3.63) is 27.7 Å². The van der Waals surface area contributed by atoms with Crippen molar-refractivity contribution < 1.29 is 17.9 Å². The Kier molecular flexibility index (Phi) is 5.13. The van der Waals surface area contributed by atoms with Crippen molar-refractivity contribution in [2.45, 2.75) is 4.90 Å². The predicted molar refractivity (Wildman–Crippen MR) is 81.9 cm³/mol. The van der Waals surface area contributed by atoms with Crippen LogP contribution in [-0.2, 0) is 14.8 Å². The highest BCUT2D eigenvalue weighted by molar-refractivity contribution is 9.10. The highest BCUT2D eigenvalue weighted by atomic mass is 79.9. The van der Waals surface area contributed by atoms with Gasteiger partial charge in [-0.3, -0.25) is 0 Å². The highest BCUT2D eigenvalue weighted by Gasteiger charge is 2.30. The normalized spacial score (nSPS) is 16.8. The number of piperazine rings is 1. The number of ether oxygens (including phenoxy) is 1. The van der Waals surface area contributed by atoms with Gasteiger partial charge < -0.3 is 9.64 Å². The molecule has 0 radical (unpaired) electrons. The van der Waals surface area contributed by atoms with Crippen molar-refractivity contribution in [2.75, 3.05) is 33.3 Å². The first-order chi connectivity index (χ1) is 9.86. The maximum absolute atomic E-state index is 12.5. The van der Waals surface area contributed by atoms with Gasteiger partial charge in [0.2, 0.25) is 10.0 Å². The van der Waals surface area contributed by atoms with Crippen molar-refractivity contribution in [2.24, 2.45) is 0 Å². The number of carbonyl (C=O) groups is 1. The minimum Gasteiger partial charge on any atom is -0.453 e. The van der Waals surface area contributed by atoms with E-state index in [4.69, 9.17) is 11.6 Å². The van der Waals surface area contributed by atoms with Crippen molar-refractivity contribution in [1.82, 2.24) is 9.21 Å². The lowest BCUT2D eigenvalue weighted by Gasteiger charge is -2.33. The largest absolute Gasteiger partial charge is 0.453 e. The van der Waals surface area contributed by atoms with Gasteiger partial charge in [0, 0.05) is 30.7 Å². The second kappa shape index (κ2) is 6.51. The molecule has 2 rings (SSSR count). The third-order valence-electron chi connectivity index (χ3n) is 3.20. The fourth-order valence-corrected chi connectivity index (χ4v) is 4.12.